The summed E-state index contributed by atoms with van der Waals surface area (Å²) in [6.07, 6.45) is 1.19. The largest absolute Gasteiger partial charge is 0.381 e. The van der Waals surface area contributed by atoms with E-state index in [1.807, 2.05) is 30.0 Å². The zero-order valence-electron chi connectivity index (χ0n) is 12.1. The van der Waals surface area contributed by atoms with Crippen LogP contribution in [-0.2, 0) is 0 Å². The number of aryl methyl sites for hydroxylation is 1. The maximum absolute atomic E-state index is 12.0. The van der Waals surface area contributed by atoms with E-state index in [4.69, 9.17) is 0 Å². The van der Waals surface area contributed by atoms with Crippen molar-refractivity contribution in [2.75, 3.05) is 25.2 Å². The zero-order valence-corrected chi connectivity index (χ0v) is 12.9. The Morgan fingerprint density at radius 1 is 1.42 bits per heavy atom. The van der Waals surface area contributed by atoms with Gasteiger partial charge in [-0.1, -0.05) is 13.0 Å². The van der Waals surface area contributed by atoms with Gasteiger partial charge in [0.25, 0.3) is 5.91 Å². The van der Waals surface area contributed by atoms with Crippen LogP contribution in [0.5, 0.6) is 0 Å². The molecule has 1 aromatic rings. The summed E-state index contributed by atoms with van der Waals surface area (Å²) >= 11 is 2.01. The highest BCUT2D eigenvalue weighted by atomic mass is 32.2. The summed E-state index contributed by atoms with van der Waals surface area (Å²) in [6, 6.07) is 6.41. The van der Waals surface area contributed by atoms with E-state index in [1.54, 1.807) is 19.0 Å². The summed E-state index contributed by atoms with van der Waals surface area (Å²) in [5.41, 5.74) is 3.03. The third kappa shape index (κ3) is 3.44. The maximum Gasteiger partial charge on any atom is 0.253 e. The molecule has 104 valence electrons. The lowest BCUT2D eigenvalue weighted by molar-refractivity contribution is 0.0827. The number of anilines is 1. The highest BCUT2D eigenvalue weighted by Gasteiger charge is 2.22. The number of nitrogens with zero attached hydrogens (tertiary/aromatic N) is 1. The van der Waals surface area contributed by atoms with Crippen LogP contribution in [0, 0.1) is 6.92 Å². The van der Waals surface area contributed by atoms with E-state index in [1.165, 1.54) is 12.0 Å². The SMILES string of the molecule is Cc1ccc(C(=O)N(C)C)cc1NC1CSC(C)C1. The lowest BCUT2D eigenvalue weighted by Crippen LogP contribution is -2.23. The van der Waals surface area contributed by atoms with E-state index in [0.29, 0.717) is 6.04 Å². The van der Waals surface area contributed by atoms with Crippen LogP contribution in [0.15, 0.2) is 18.2 Å². The molecule has 0 aromatic heterocycles. The van der Waals surface area contributed by atoms with Crippen LogP contribution < -0.4 is 5.32 Å². The van der Waals surface area contributed by atoms with Crippen molar-refractivity contribution in [1.82, 2.24) is 4.90 Å². The minimum atomic E-state index is 0.0530. The fourth-order valence-electron chi connectivity index (χ4n) is 2.31. The molecule has 1 aliphatic rings. The second kappa shape index (κ2) is 5.87. The van der Waals surface area contributed by atoms with E-state index in [2.05, 4.69) is 19.2 Å². The molecule has 1 aliphatic heterocycles. The monoisotopic (exact) mass is 278 g/mol. The van der Waals surface area contributed by atoms with Gasteiger partial charge in [0.2, 0.25) is 0 Å². The van der Waals surface area contributed by atoms with Gasteiger partial charge in [0.05, 0.1) is 0 Å². The van der Waals surface area contributed by atoms with Crippen LogP contribution >= 0.6 is 11.8 Å². The van der Waals surface area contributed by atoms with Crippen molar-refractivity contribution in [3.05, 3.63) is 29.3 Å². The van der Waals surface area contributed by atoms with Gasteiger partial charge >= 0.3 is 0 Å². The molecule has 1 aromatic carbocycles. The number of benzene rings is 1. The lowest BCUT2D eigenvalue weighted by atomic mass is 10.1. The molecule has 0 saturated carbocycles. The van der Waals surface area contributed by atoms with Gasteiger partial charge in [0.1, 0.15) is 0 Å². The molecule has 2 unspecified atom stereocenters. The molecule has 4 heteroatoms. The fourth-order valence-corrected chi connectivity index (χ4v) is 3.46. The number of amides is 1. The Balaban J connectivity index is 2.15. The smallest absolute Gasteiger partial charge is 0.253 e. The second-order valence-corrected chi connectivity index (χ2v) is 6.92. The van der Waals surface area contributed by atoms with Crippen molar-refractivity contribution < 1.29 is 4.79 Å². The van der Waals surface area contributed by atoms with E-state index in [9.17, 15) is 4.79 Å². The third-order valence-corrected chi connectivity index (χ3v) is 4.81. The van der Waals surface area contributed by atoms with Crippen LogP contribution in [-0.4, -0.2) is 41.9 Å². The molecule has 19 heavy (non-hydrogen) atoms. The van der Waals surface area contributed by atoms with Crippen LogP contribution in [0.1, 0.15) is 29.3 Å². The van der Waals surface area contributed by atoms with E-state index in [0.717, 1.165) is 22.3 Å². The van der Waals surface area contributed by atoms with Gasteiger partial charge in [0, 0.05) is 42.4 Å². The summed E-state index contributed by atoms with van der Waals surface area (Å²) in [5, 5.41) is 4.31. The quantitative estimate of drug-likeness (QED) is 0.922. The van der Waals surface area contributed by atoms with Gasteiger partial charge < -0.3 is 10.2 Å². The van der Waals surface area contributed by atoms with Crippen LogP contribution in [0.4, 0.5) is 5.69 Å². The van der Waals surface area contributed by atoms with Gasteiger partial charge in [-0.2, -0.15) is 11.8 Å². The van der Waals surface area contributed by atoms with Gasteiger partial charge in [-0.3, -0.25) is 4.79 Å². The summed E-state index contributed by atoms with van der Waals surface area (Å²) in [5.74, 6) is 1.20. The molecule has 1 fully saturated rings. The zero-order chi connectivity index (χ0) is 14.0. The molecule has 3 nitrogen and oxygen atoms in total. The standard InChI is InChI=1S/C15H22N2OS/c1-10-5-6-12(15(18)17(3)4)8-14(10)16-13-7-11(2)19-9-13/h5-6,8,11,13,16H,7,9H2,1-4H3. The van der Waals surface area contributed by atoms with Crippen molar-refractivity contribution in [1.29, 1.82) is 0 Å². The molecule has 1 N–H and O–H groups in total. The summed E-state index contributed by atoms with van der Waals surface area (Å²) in [6.45, 7) is 4.35. The first-order valence-electron chi connectivity index (χ1n) is 6.68. The molecule has 0 bridgehead atoms. The minimum Gasteiger partial charge on any atom is -0.381 e. The molecule has 0 radical (unpaired) electrons. The molecule has 0 aliphatic carbocycles. The fraction of sp³-hybridized carbons (Fsp3) is 0.533. The van der Waals surface area contributed by atoms with E-state index in [-0.39, 0.29) is 5.91 Å². The number of thioether (sulfide) groups is 1. The average molecular weight is 278 g/mol. The van der Waals surface area contributed by atoms with Gasteiger partial charge in [-0.25, -0.2) is 0 Å². The van der Waals surface area contributed by atoms with Crippen molar-refractivity contribution >= 4 is 23.4 Å². The average Bonchev–Trinajstić information content (AvgIpc) is 2.76. The summed E-state index contributed by atoms with van der Waals surface area (Å²) in [7, 11) is 3.56. The first kappa shape index (κ1) is 14.3. The van der Waals surface area contributed by atoms with Crippen molar-refractivity contribution in [2.45, 2.75) is 31.6 Å². The predicted molar refractivity (Wildman–Crippen MR) is 83.1 cm³/mol. The molecule has 1 saturated heterocycles. The number of rotatable bonds is 3. The second-order valence-electron chi connectivity index (χ2n) is 5.45. The number of hydrogen-bond donors (Lipinski definition) is 1. The van der Waals surface area contributed by atoms with Crippen molar-refractivity contribution in [3.8, 4) is 0 Å². The Morgan fingerprint density at radius 2 is 2.16 bits per heavy atom. The van der Waals surface area contributed by atoms with Gasteiger partial charge in [-0.15, -0.1) is 0 Å². The van der Waals surface area contributed by atoms with Gasteiger partial charge in [0.15, 0.2) is 0 Å². The highest BCUT2D eigenvalue weighted by molar-refractivity contribution is 8.00. The molecule has 1 amide bonds. The molecule has 0 spiro atoms. The Hall–Kier alpha value is -1.16. The Labute approximate surface area is 119 Å². The minimum absolute atomic E-state index is 0.0530. The number of nitrogens with one attached hydrogen (secondary N) is 1. The molecular weight excluding hydrogens is 256 g/mol. The first-order valence-corrected chi connectivity index (χ1v) is 7.72. The molecule has 1 heterocycles. The Morgan fingerprint density at radius 3 is 2.74 bits per heavy atom. The number of carbonyl (C=O) groups excluding carboxylic acids is 1. The summed E-state index contributed by atoms with van der Waals surface area (Å²) < 4.78 is 0. The number of hydrogen-bond acceptors (Lipinski definition) is 3. The number of carbonyl (C=O) groups is 1. The maximum atomic E-state index is 12.0. The topological polar surface area (TPSA) is 32.3 Å². The normalized spacial score (nSPS) is 22.3. The Bertz CT molecular complexity index is 473. The van der Waals surface area contributed by atoms with Crippen LogP contribution in [0.25, 0.3) is 0 Å². The lowest BCUT2D eigenvalue weighted by Gasteiger charge is -2.17. The van der Waals surface area contributed by atoms with Crippen LogP contribution in [0.2, 0.25) is 0 Å². The molecular formula is C15H22N2OS. The van der Waals surface area contributed by atoms with E-state index < -0.39 is 0 Å². The summed E-state index contributed by atoms with van der Waals surface area (Å²) in [4.78, 5) is 13.6. The van der Waals surface area contributed by atoms with Gasteiger partial charge in [-0.05, 0) is 31.0 Å². The third-order valence-electron chi connectivity index (χ3n) is 3.45. The highest BCUT2D eigenvalue weighted by Crippen LogP contribution is 2.29. The predicted octanol–water partition coefficient (Wildman–Crippen LogP) is 3.00. The van der Waals surface area contributed by atoms with E-state index >= 15 is 0 Å². The molecule has 2 rings (SSSR count). The van der Waals surface area contributed by atoms with Crippen molar-refractivity contribution in [2.24, 2.45) is 0 Å². The molecule has 2 atom stereocenters. The Kier molecular flexibility index (Phi) is 4.40. The van der Waals surface area contributed by atoms with Crippen molar-refractivity contribution in [3.63, 3.8) is 0 Å². The first-order chi connectivity index (χ1) is 8.97. The van der Waals surface area contributed by atoms with Crippen LogP contribution in [0.3, 0.4) is 0 Å².